The number of guanidine groups is 1. The van der Waals surface area contributed by atoms with Crippen LogP contribution in [-0.2, 0) is 6.54 Å². The fraction of sp³-hybridized carbons (Fsp3) is 0.412. The van der Waals surface area contributed by atoms with Crippen molar-refractivity contribution < 1.29 is 0 Å². The Kier molecular flexibility index (Phi) is 5.95. The Balaban J connectivity index is 2.03. The van der Waals surface area contributed by atoms with Crippen LogP contribution in [-0.4, -0.2) is 17.5 Å². The van der Waals surface area contributed by atoms with Crippen LogP contribution in [0.15, 0.2) is 35.3 Å². The molecule has 1 aromatic carbocycles. The first-order valence-corrected chi connectivity index (χ1v) is 8.44. The van der Waals surface area contributed by atoms with Gasteiger partial charge in [0.05, 0.1) is 18.3 Å². The number of nitrogens with one attached hydrogen (secondary N) is 2. The Morgan fingerprint density at radius 3 is 2.59 bits per heavy atom. The van der Waals surface area contributed by atoms with Crippen molar-refractivity contribution >= 4 is 17.3 Å². The molecule has 118 valence electrons. The van der Waals surface area contributed by atoms with Gasteiger partial charge in [0, 0.05) is 11.4 Å². The van der Waals surface area contributed by atoms with Crippen molar-refractivity contribution in [1.82, 2.24) is 15.6 Å². The van der Waals surface area contributed by atoms with E-state index < -0.39 is 0 Å². The summed E-state index contributed by atoms with van der Waals surface area (Å²) in [4.78, 5) is 10.4. The molecule has 22 heavy (non-hydrogen) atoms. The zero-order valence-corrected chi connectivity index (χ0v) is 14.5. The van der Waals surface area contributed by atoms with Gasteiger partial charge in [-0.15, -0.1) is 11.3 Å². The monoisotopic (exact) mass is 316 g/mol. The van der Waals surface area contributed by atoms with Crippen LogP contribution in [0.4, 0.5) is 0 Å². The van der Waals surface area contributed by atoms with Gasteiger partial charge in [0.2, 0.25) is 0 Å². The molecule has 0 radical (unpaired) electrons. The Morgan fingerprint density at radius 2 is 2.00 bits per heavy atom. The number of hydrogen-bond donors (Lipinski definition) is 2. The van der Waals surface area contributed by atoms with Crippen molar-refractivity contribution in [1.29, 1.82) is 0 Å². The van der Waals surface area contributed by atoms with Crippen LogP contribution in [0, 0.1) is 13.8 Å². The van der Waals surface area contributed by atoms with E-state index in [1.807, 2.05) is 13.0 Å². The fourth-order valence-corrected chi connectivity index (χ4v) is 2.96. The molecule has 0 fully saturated rings. The molecule has 1 heterocycles. The van der Waals surface area contributed by atoms with E-state index in [-0.39, 0.29) is 6.04 Å². The molecule has 5 heteroatoms. The third kappa shape index (κ3) is 4.56. The Bertz CT molecular complexity index is 599. The van der Waals surface area contributed by atoms with Gasteiger partial charge in [-0.3, -0.25) is 0 Å². The lowest BCUT2D eigenvalue weighted by molar-refractivity contribution is 0.686. The van der Waals surface area contributed by atoms with E-state index in [9.17, 15) is 0 Å². The molecule has 0 aliphatic carbocycles. The minimum atomic E-state index is 0.207. The lowest BCUT2D eigenvalue weighted by Gasteiger charge is -2.18. The predicted molar refractivity (Wildman–Crippen MR) is 94.4 cm³/mol. The lowest BCUT2D eigenvalue weighted by Crippen LogP contribution is -2.38. The Hall–Kier alpha value is -1.88. The summed E-state index contributed by atoms with van der Waals surface area (Å²) in [6, 6.07) is 10.6. The van der Waals surface area contributed by atoms with Gasteiger partial charge in [0.25, 0.3) is 0 Å². The van der Waals surface area contributed by atoms with E-state index in [0.29, 0.717) is 6.54 Å². The zero-order valence-electron chi connectivity index (χ0n) is 13.7. The average molecular weight is 316 g/mol. The van der Waals surface area contributed by atoms with Gasteiger partial charge >= 0.3 is 0 Å². The van der Waals surface area contributed by atoms with Crippen LogP contribution < -0.4 is 10.6 Å². The average Bonchev–Trinajstić information content (AvgIpc) is 2.84. The first-order valence-electron chi connectivity index (χ1n) is 7.62. The van der Waals surface area contributed by atoms with Gasteiger partial charge in [-0.05, 0) is 33.3 Å². The van der Waals surface area contributed by atoms with Crippen molar-refractivity contribution in [3.05, 3.63) is 51.5 Å². The van der Waals surface area contributed by atoms with Gasteiger partial charge in [-0.2, -0.15) is 0 Å². The van der Waals surface area contributed by atoms with Crippen LogP contribution >= 0.6 is 11.3 Å². The summed E-state index contributed by atoms with van der Waals surface area (Å²) < 4.78 is 0. The van der Waals surface area contributed by atoms with Crippen molar-refractivity contribution in [2.45, 2.75) is 40.3 Å². The smallest absolute Gasteiger partial charge is 0.192 e. The Morgan fingerprint density at radius 1 is 1.27 bits per heavy atom. The van der Waals surface area contributed by atoms with Crippen LogP contribution in [0.5, 0.6) is 0 Å². The van der Waals surface area contributed by atoms with Crippen molar-refractivity contribution in [3.8, 4) is 0 Å². The predicted octanol–water partition coefficient (Wildman–Crippen LogP) is 3.58. The second kappa shape index (κ2) is 7.94. The van der Waals surface area contributed by atoms with E-state index in [4.69, 9.17) is 0 Å². The third-order valence-corrected chi connectivity index (χ3v) is 4.50. The van der Waals surface area contributed by atoms with Gasteiger partial charge in [-0.1, -0.05) is 30.3 Å². The van der Waals surface area contributed by atoms with E-state index in [1.54, 1.807) is 11.3 Å². The summed E-state index contributed by atoms with van der Waals surface area (Å²) in [6.07, 6.45) is 0. The number of aromatic nitrogens is 1. The standard InChI is InChI=1S/C17H24N4S/c1-5-18-17(19-11-16-20-12(2)14(4)22-16)21-13(3)15-9-7-6-8-10-15/h6-10,13H,5,11H2,1-4H3,(H2,18,19,21). The van der Waals surface area contributed by atoms with E-state index in [1.165, 1.54) is 10.4 Å². The largest absolute Gasteiger partial charge is 0.357 e. The van der Waals surface area contributed by atoms with Gasteiger partial charge in [0.15, 0.2) is 5.96 Å². The van der Waals surface area contributed by atoms with Crippen molar-refractivity contribution in [3.63, 3.8) is 0 Å². The lowest BCUT2D eigenvalue weighted by atomic mass is 10.1. The molecule has 0 aliphatic rings. The highest BCUT2D eigenvalue weighted by molar-refractivity contribution is 7.11. The van der Waals surface area contributed by atoms with E-state index >= 15 is 0 Å². The second-order valence-electron chi connectivity index (χ2n) is 5.22. The highest BCUT2D eigenvalue weighted by Crippen LogP contribution is 2.17. The van der Waals surface area contributed by atoms with Gasteiger partial charge < -0.3 is 10.6 Å². The number of aryl methyl sites for hydroxylation is 2. The summed E-state index contributed by atoms with van der Waals surface area (Å²) >= 11 is 1.72. The number of benzene rings is 1. The zero-order chi connectivity index (χ0) is 15.9. The summed E-state index contributed by atoms with van der Waals surface area (Å²) in [7, 11) is 0. The number of hydrogen-bond acceptors (Lipinski definition) is 3. The molecule has 0 aliphatic heterocycles. The van der Waals surface area contributed by atoms with E-state index in [2.05, 4.69) is 65.6 Å². The minimum Gasteiger partial charge on any atom is -0.357 e. The van der Waals surface area contributed by atoms with Crippen molar-refractivity contribution in [2.24, 2.45) is 4.99 Å². The van der Waals surface area contributed by atoms with Gasteiger partial charge in [0.1, 0.15) is 5.01 Å². The normalized spacial score (nSPS) is 13.0. The van der Waals surface area contributed by atoms with Crippen LogP contribution in [0.1, 0.15) is 41.0 Å². The second-order valence-corrected chi connectivity index (χ2v) is 6.51. The molecule has 4 nitrogen and oxygen atoms in total. The SMILES string of the molecule is CCNC(=NCc1nc(C)c(C)s1)NC(C)c1ccccc1. The molecule has 1 atom stereocenters. The molecule has 0 spiro atoms. The molecule has 2 N–H and O–H groups in total. The topological polar surface area (TPSA) is 49.3 Å². The fourth-order valence-electron chi connectivity index (χ4n) is 2.10. The maximum atomic E-state index is 4.65. The summed E-state index contributed by atoms with van der Waals surface area (Å²) in [5.41, 5.74) is 2.35. The molecular weight excluding hydrogens is 292 g/mol. The molecule has 0 saturated carbocycles. The number of thiazole rings is 1. The maximum absolute atomic E-state index is 4.65. The molecule has 0 saturated heterocycles. The summed E-state index contributed by atoms with van der Waals surface area (Å²) in [6.45, 7) is 9.79. The molecule has 0 bridgehead atoms. The minimum absolute atomic E-state index is 0.207. The van der Waals surface area contributed by atoms with Crippen LogP contribution in [0.25, 0.3) is 0 Å². The molecule has 2 aromatic rings. The first kappa shape index (κ1) is 16.5. The maximum Gasteiger partial charge on any atom is 0.192 e. The van der Waals surface area contributed by atoms with Crippen LogP contribution in [0.2, 0.25) is 0 Å². The molecular formula is C17H24N4S. The van der Waals surface area contributed by atoms with Crippen LogP contribution in [0.3, 0.4) is 0 Å². The highest BCUT2D eigenvalue weighted by atomic mass is 32.1. The van der Waals surface area contributed by atoms with Crippen molar-refractivity contribution in [2.75, 3.05) is 6.54 Å². The molecule has 0 amide bonds. The van der Waals surface area contributed by atoms with Gasteiger partial charge in [-0.25, -0.2) is 9.98 Å². The molecule has 2 rings (SSSR count). The summed E-state index contributed by atoms with van der Waals surface area (Å²) in [5.74, 6) is 0.823. The number of aliphatic imine (C=N–C) groups is 1. The molecule has 1 unspecified atom stereocenters. The Labute approximate surface area is 136 Å². The van der Waals surface area contributed by atoms with E-state index in [0.717, 1.165) is 23.2 Å². The molecule has 1 aromatic heterocycles. The highest BCUT2D eigenvalue weighted by Gasteiger charge is 2.08. The first-order chi connectivity index (χ1) is 10.6. The third-order valence-electron chi connectivity index (χ3n) is 3.44. The summed E-state index contributed by atoms with van der Waals surface area (Å²) in [5, 5.41) is 7.79. The number of rotatable bonds is 5. The quantitative estimate of drug-likeness (QED) is 0.655. The number of nitrogens with zero attached hydrogens (tertiary/aromatic N) is 2.